The van der Waals surface area contributed by atoms with Gasteiger partial charge in [0.1, 0.15) is 0 Å². The molecule has 0 amide bonds. The first-order chi connectivity index (χ1) is 13.8. The van der Waals surface area contributed by atoms with Crippen LogP contribution in [0.15, 0.2) is 11.6 Å². The van der Waals surface area contributed by atoms with Gasteiger partial charge in [0.2, 0.25) is 0 Å². The molecule has 0 aliphatic carbocycles. The first-order valence-corrected chi connectivity index (χ1v) is 13.5. The van der Waals surface area contributed by atoms with E-state index < -0.39 is 0 Å². The molecule has 0 saturated heterocycles. The largest absolute Gasteiger partial charge is 0.0851 e. The Balaban J connectivity index is -0.000000159. The van der Waals surface area contributed by atoms with E-state index in [1.54, 1.807) is 5.57 Å². The van der Waals surface area contributed by atoms with Gasteiger partial charge in [0, 0.05) is 0 Å². The summed E-state index contributed by atoms with van der Waals surface area (Å²) in [7, 11) is 0. The fourth-order valence-corrected chi connectivity index (χ4v) is 3.20. The molecular formula is C30H68. The third-order valence-electron chi connectivity index (χ3n) is 4.75. The van der Waals surface area contributed by atoms with Gasteiger partial charge in [-0.25, -0.2) is 0 Å². The first kappa shape index (κ1) is 40.1. The number of rotatable bonds is 9. The van der Waals surface area contributed by atoms with Crippen LogP contribution >= 0.6 is 0 Å². The van der Waals surface area contributed by atoms with E-state index in [0.717, 1.165) is 29.6 Å². The van der Waals surface area contributed by atoms with E-state index in [1.165, 1.54) is 25.7 Å². The Hall–Kier alpha value is -0.260. The number of hydrogen-bond acceptors (Lipinski definition) is 0. The molecule has 0 radical (unpaired) electrons. The van der Waals surface area contributed by atoms with Crippen molar-refractivity contribution in [1.29, 1.82) is 0 Å². The van der Waals surface area contributed by atoms with Gasteiger partial charge in [-0.3, -0.25) is 0 Å². The van der Waals surface area contributed by atoms with Crippen LogP contribution in [-0.2, 0) is 0 Å². The van der Waals surface area contributed by atoms with Crippen LogP contribution in [0, 0.1) is 35.0 Å². The van der Waals surface area contributed by atoms with Crippen molar-refractivity contribution in [2.75, 3.05) is 0 Å². The molecule has 3 unspecified atom stereocenters. The summed E-state index contributed by atoms with van der Waals surface area (Å²) in [5.74, 6) is 3.99. The molecular weight excluding hydrogens is 360 g/mol. The summed E-state index contributed by atoms with van der Waals surface area (Å²) in [5, 5.41) is 0. The normalized spacial score (nSPS) is 13.9. The lowest BCUT2D eigenvalue weighted by atomic mass is 9.70. The molecule has 0 nitrogen and oxygen atoms in total. The fraction of sp³-hybridized carbons (Fsp3) is 0.933. The van der Waals surface area contributed by atoms with E-state index in [-0.39, 0.29) is 0 Å². The molecule has 0 bridgehead atoms. The van der Waals surface area contributed by atoms with Crippen LogP contribution in [0.2, 0.25) is 0 Å². The van der Waals surface area contributed by atoms with Crippen molar-refractivity contribution in [2.24, 2.45) is 35.0 Å². The SMILES string of the molecule is CC.CC.CC.CC(C)(C)C.CCCC(CC)C(/C(C)=C\CC(C)C)C(C)C(C)C. The molecule has 3 atom stereocenters. The molecule has 30 heavy (non-hydrogen) atoms. The Morgan fingerprint density at radius 2 is 1.13 bits per heavy atom. The predicted molar refractivity (Wildman–Crippen MR) is 149 cm³/mol. The van der Waals surface area contributed by atoms with Crippen LogP contribution in [0.1, 0.15) is 150 Å². The van der Waals surface area contributed by atoms with Crippen LogP contribution < -0.4 is 0 Å². The summed E-state index contributed by atoms with van der Waals surface area (Å²) in [6.07, 6.45) is 7.77. The summed E-state index contributed by atoms with van der Waals surface area (Å²) in [5.41, 5.74) is 2.15. The zero-order chi connectivity index (χ0) is 25.5. The van der Waals surface area contributed by atoms with Gasteiger partial charge in [-0.2, -0.15) is 0 Å². The average molecular weight is 429 g/mol. The number of hydrogen-bond donors (Lipinski definition) is 0. The van der Waals surface area contributed by atoms with E-state index in [4.69, 9.17) is 0 Å². The minimum absolute atomic E-state index is 0.500. The highest BCUT2D eigenvalue weighted by molar-refractivity contribution is 5.07. The van der Waals surface area contributed by atoms with Crippen LogP contribution in [0.4, 0.5) is 0 Å². The summed E-state index contributed by atoms with van der Waals surface area (Å²) < 4.78 is 0. The van der Waals surface area contributed by atoms with Gasteiger partial charge < -0.3 is 0 Å². The summed E-state index contributed by atoms with van der Waals surface area (Å²) in [6, 6.07) is 0. The van der Waals surface area contributed by atoms with Gasteiger partial charge in [-0.1, -0.05) is 149 Å². The molecule has 0 saturated carbocycles. The summed E-state index contributed by atoms with van der Waals surface area (Å²) in [6.45, 7) is 39.7. The lowest BCUT2D eigenvalue weighted by Crippen LogP contribution is -2.26. The fourth-order valence-electron chi connectivity index (χ4n) is 3.20. The van der Waals surface area contributed by atoms with Crippen LogP contribution in [0.25, 0.3) is 0 Å². The molecule has 0 aromatic rings. The van der Waals surface area contributed by atoms with Crippen molar-refractivity contribution in [3.05, 3.63) is 11.6 Å². The Morgan fingerprint density at radius 3 is 1.37 bits per heavy atom. The van der Waals surface area contributed by atoms with Crippen LogP contribution in [0.5, 0.6) is 0 Å². The number of allylic oxidation sites excluding steroid dienone is 2. The van der Waals surface area contributed by atoms with Crippen molar-refractivity contribution < 1.29 is 0 Å². The smallest absolute Gasteiger partial charge is 0.0150 e. The first-order valence-electron chi connectivity index (χ1n) is 13.5. The second-order valence-corrected chi connectivity index (χ2v) is 10.2. The summed E-state index contributed by atoms with van der Waals surface area (Å²) in [4.78, 5) is 0. The monoisotopic (exact) mass is 429 g/mol. The second-order valence-electron chi connectivity index (χ2n) is 10.2. The minimum Gasteiger partial charge on any atom is -0.0851 e. The summed E-state index contributed by atoms with van der Waals surface area (Å²) >= 11 is 0. The van der Waals surface area contributed by atoms with E-state index in [1.807, 2.05) is 41.5 Å². The van der Waals surface area contributed by atoms with Crippen molar-refractivity contribution >= 4 is 0 Å². The third-order valence-corrected chi connectivity index (χ3v) is 4.75. The van der Waals surface area contributed by atoms with Gasteiger partial charge in [0.15, 0.2) is 0 Å². The lowest BCUT2D eigenvalue weighted by Gasteiger charge is -2.35. The van der Waals surface area contributed by atoms with Gasteiger partial charge in [0.05, 0.1) is 0 Å². The Morgan fingerprint density at radius 1 is 0.767 bits per heavy atom. The molecule has 0 rings (SSSR count). The molecule has 0 spiro atoms. The highest BCUT2D eigenvalue weighted by Crippen LogP contribution is 2.37. The molecule has 188 valence electrons. The molecule has 0 N–H and O–H groups in total. The van der Waals surface area contributed by atoms with Gasteiger partial charge in [0.25, 0.3) is 0 Å². The molecule has 0 aromatic heterocycles. The van der Waals surface area contributed by atoms with Gasteiger partial charge in [-0.15, -0.1) is 0 Å². The second kappa shape index (κ2) is 26.8. The Labute approximate surface area is 197 Å². The average Bonchev–Trinajstić information content (AvgIpc) is 2.69. The molecule has 0 heterocycles. The van der Waals surface area contributed by atoms with E-state index >= 15 is 0 Å². The van der Waals surface area contributed by atoms with Gasteiger partial charge in [-0.05, 0) is 48.3 Å². The zero-order valence-electron chi connectivity index (χ0n) is 25.3. The molecule has 0 aromatic carbocycles. The molecule has 0 fully saturated rings. The standard InChI is InChI=1S/C19H38.C5H12.3C2H6/c1-9-11-18(10-2)19(17(8)15(5)6)16(7)13-12-14(3)4;1-5(2,3)4;3*1-2/h13-15,17-19H,9-12H2,1-8H3;1-4H3;3*1-2H3/b16-13-;;;;. The Kier molecular flexibility index (Phi) is 35.8. The van der Waals surface area contributed by atoms with E-state index in [2.05, 4.69) is 89.2 Å². The van der Waals surface area contributed by atoms with Crippen molar-refractivity contribution in [3.63, 3.8) is 0 Å². The maximum Gasteiger partial charge on any atom is -0.0150 e. The van der Waals surface area contributed by atoms with Crippen LogP contribution in [-0.4, -0.2) is 0 Å². The topological polar surface area (TPSA) is 0 Å². The van der Waals surface area contributed by atoms with E-state index in [9.17, 15) is 0 Å². The van der Waals surface area contributed by atoms with Gasteiger partial charge >= 0.3 is 0 Å². The highest BCUT2D eigenvalue weighted by atomic mass is 14.3. The van der Waals surface area contributed by atoms with Crippen molar-refractivity contribution in [2.45, 2.75) is 150 Å². The maximum atomic E-state index is 2.52. The zero-order valence-corrected chi connectivity index (χ0v) is 25.3. The van der Waals surface area contributed by atoms with Crippen molar-refractivity contribution in [3.8, 4) is 0 Å². The molecule has 0 aliphatic rings. The third kappa shape index (κ3) is 29.9. The quantitative estimate of drug-likeness (QED) is 0.320. The molecule has 0 aliphatic heterocycles. The highest BCUT2D eigenvalue weighted by Gasteiger charge is 2.28. The lowest BCUT2D eigenvalue weighted by molar-refractivity contribution is 0.211. The predicted octanol–water partition coefficient (Wildman–Crippen LogP) is 11.8. The van der Waals surface area contributed by atoms with Crippen molar-refractivity contribution in [1.82, 2.24) is 0 Å². The minimum atomic E-state index is 0.500. The van der Waals surface area contributed by atoms with Crippen LogP contribution in [0.3, 0.4) is 0 Å². The van der Waals surface area contributed by atoms with E-state index in [0.29, 0.717) is 5.41 Å². The Bertz CT molecular complexity index is 307. The maximum absolute atomic E-state index is 2.52. The molecule has 0 heteroatoms.